The predicted octanol–water partition coefficient (Wildman–Crippen LogP) is 3.69. The Morgan fingerprint density at radius 1 is 1.10 bits per heavy atom. The minimum atomic E-state index is -0.400. The maximum Gasteiger partial charge on any atom is 0.273 e. The number of halogens is 2. The molecule has 4 nitrogen and oxygen atoms in total. The fraction of sp³-hybridized carbons (Fsp3) is 0. The Labute approximate surface area is 130 Å². The number of carbonyl (C=O) groups excluding carboxylic acids is 1. The van der Waals surface area contributed by atoms with Crippen molar-refractivity contribution in [3.8, 4) is 6.07 Å². The second kappa shape index (κ2) is 4.88. The van der Waals surface area contributed by atoms with Crippen molar-refractivity contribution < 1.29 is 9.53 Å². The third-order valence-corrected chi connectivity index (χ3v) is 3.94. The Bertz CT molecular complexity index is 866. The van der Waals surface area contributed by atoms with Gasteiger partial charge in [0, 0.05) is 6.07 Å². The normalized spacial score (nSPS) is 13.3. The average Bonchev–Trinajstić information content (AvgIpc) is 2.73. The predicted molar refractivity (Wildman–Crippen MR) is 79.3 cm³/mol. The van der Waals surface area contributed by atoms with Crippen molar-refractivity contribution in [1.82, 2.24) is 0 Å². The molecule has 1 heterocycles. The highest BCUT2D eigenvalue weighted by Crippen LogP contribution is 2.31. The fourth-order valence-corrected chi connectivity index (χ4v) is 2.49. The summed E-state index contributed by atoms with van der Waals surface area (Å²) < 4.78 is 0.526. The lowest BCUT2D eigenvalue weighted by atomic mass is 10.0. The van der Waals surface area contributed by atoms with E-state index in [9.17, 15) is 10.0 Å². The van der Waals surface area contributed by atoms with Crippen LogP contribution in [0.4, 0.5) is 5.69 Å². The third-order valence-electron chi connectivity index (χ3n) is 3.20. The van der Waals surface area contributed by atoms with E-state index in [1.807, 2.05) is 6.07 Å². The van der Waals surface area contributed by atoms with Gasteiger partial charge in [0.25, 0.3) is 11.5 Å². The molecule has 0 bridgehead atoms. The largest absolute Gasteiger partial charge is 0.618 e. The SMILES string of the molecule is N#Cc1ccc2c(c1)[N+]([O-])=C(c1ccc(Cl)c(Cl)c1)C2=O. The first-order chi connectivity index (χ1) is 10.0. The molecule has 0 N–H and O–H groups in total. The molecule has 0 aromatic heterocycles. The first-order valence-electron chi connectivity index (χ1n) is 5.91. The topological polar surface area (TPSA) is 66.9 Å². The number of nitriles is 1. The molecule has 6 heteroatoms. The van der Waals surface area contributed by atoms with Crippen LogP contribution < -0.4 is 0 Å². The number of Topliss-reactive ketones (excluding diaryl/α,β-unsaturated/α-hetero) is 1. The molecule has 1 aliphatic heterocycles. The van der Waals surface area contributed by atoms with Crippen molar-refractivity contribution in [3.63, 3.8) is 0 Å². The lowest BCUT2D eigenvalue weighted by Crippen LogP contribution is -2.16. The van der Waals surface area contributed by atoms with Gasteiger partial charge < -0.3 is 5.21 Å². The number of carbonyl (C=O) groups is 1. The van der Waals surface area contributed by atoms with Crippen LogP contribution in [0.1, 0.15) is 21.5 Å². The number of hydrogen-bond donors (Lipinski definition) is 0. The number of rotatable bonds is 1. The van der Waals surface area contributed by atoms with Crippen LogP contribution in [-0.4, -0.2) is 16.2 Å². The Morgan fingerprint density at radius 2 is 1.86 bits per heavy atom. The molecule has 0 radical (unpaired) electrons. The summed E-state index contributed by atoms with van der Waals surface area (Å²) in [7, 11) is 0. The molecule has 21 heavy (non-hydrogen) atoms. The van der Waals surface area contributed by atoms with Gasteiger partial charge >= 0.3 is 0 Å². The molecule has 0 unspecified atom stereocenters. The van der Waals surface area contributed by atoms with Crippen LogP contribution in [-0.2, 0) is 0 Å². The summed E-state index contributed by atoms with van der Waals surface area (Å²) in [5.74, 6) is -0.400. The van der Waals surface area contributed by atoms with Gasteiger partial charge in [-0.05, 0) is 30.3 Å². The van der Waals surface area contributed by atoms with Gasteiger partial charge in [-0.15, -0.1) is 0 Å². The van der Waals surface area contributed by atoms with Crippen LogP contribution in [0.3, 0.4) is 0 Å². The second-order valence-electron chi connectivity index (χ2n) is 4.44. The van der Waals surface area contributed by atoms with Gasteiger partial charge in [-0.25, -0.2) is 0 Å². The lowest BCUT2D eigenvalue weighted by molar-refractivity contribution is -0.355. The highest BCUT2D eigenvalue weighted by atomic mass is 35.5. The summed E-state index contributed by atoms with van der Waals surface area (Å²) in [6.45, 7) is 0. The summed E-state index contributed by atoms with van der Waals surface area (Å²) in [6.07, 6.45) is 0. The zero-order valence-electron chi connectivity index (χ0n) is 10.4. The maximum atomic E-state index is 12.4. The van der Waals surface area contributed by atoms with Crippen molar-refractivity contribution in [3.05, 3.63) is 68.3 Å². The highest BCUT2D eigenvalue weighted by Gasteiger charge is 2.36. The van der Waals surface area contributed by atoms with E-state index in [4.69, 9.17) is 28.5 Å². The smallest absolute Gasteiger partial charge is 0.273 e. The Kier molecular flexibility index (Phi) is 3.17. The number of ketones is 1. The second-order valence-corrected chi connectivity index (χ2v) is 5.26. The zero-order chi connectivity index (χ0) is 15.1. The lowest BCUT2D eigenvalue weighted by Gasteiger charge is -2.03. The quantitative estimate of drug-likeness (QED) is 0.595. The summed E-state index contributed by atoms with van der Waals surface area (Å²) in [4.78, 5) is 12.4. The van der Waals surface area contributed by atoms with E-state index in [2.05, 4.69) is 0 Å². The van der Waals surface area contributed by atoms with Gasteiger partial charge in [0.1, 0.15) is 5.56 Å². The monoisotopic (exact) mass is 316 g/mol. The molecule has 0 saturated heterocycles. The summed E-state index contributed by atoms with van der Waals surface area (Å²) in [5, 5.41) is 21.8. The molecular formula is C15H6Cl2N2O2. The Balaban J connectivity index is 2.20. The van der Waals surface area contributed by atoms with Crippen LogP contribution in [0.2, 0.25) is 10.0 Å². The minimum Gasteiger partial charge on any atom is -0.618 e. The summed E-state index contributed by atoms with van der Waals surface area (Å²) >= 11 is 11.8. The van der Waals surface area contributed by atoms with Crippen LogP contribution in [0.25, 0.3) is 0 Å². The molecule has 1 aliphatic rings. The Hall–Kier alpha value is -2.35. The maximum absolute atomic E-state index is 12.4. The molecule has 0 spiro atoms. The Morgan fingerprint density at radius 3 is 2.52 bits per heavy atom. The number of benzene rings is 2. The standard InChI is InChI=1S/C15H6Cl2N2O2/c16-11-4-2-9(6-12(11)17)14-15(20)10-3-1-8(7-18)5-13(10)19(14)21/h1-6H. The van der Waals surface area contributed by atoms with Crippen LogP contribution in [0, 0.1) is 16.5 Å². The van der Waals surface area contributed by atoms with Crippen LogP contribution >= 0.6 is 23.2 Å². The van der Waals surface area contributed by atoms with E-state index in [0.717, 1.165) is 0 Å². The molecule has 2 aromatic carbocycles. The number of nitrogens with zero attached hydrogens (tertiary/aromatic N) is 2. The van der Waals surface area contributed by atoms with E-state index in [1.165, 1.54) is 30.3 Å². The van der Waals surface area contributed by atoms with E-state index in [0.29, 0.717) is 20.9 Å². The van der Waals surface area contributed by atoms with E-state index in [1.54, 1.807) is 6.07 Å². The molecule has 0 saturated carbocycles. The molecule has 3 rings (SSSR count). The number of fused-ring (bicyclic) bond motifs is 1. The van der Waals surface area contributed by atoms with Crippen molar-refractivity contribution >= 4 is 40.4 Å². The molecular weight excluding hydrogens is 311 g/mol. The van der Waals surface area contributed by atoms with Gasteiger partial charge in [-0.1, -0.05) is 23.2 Å². The van der Waals surface area contributed by atoms with Crippen LogP contribution in [0.5, 0.6) is 0 Å². The van der Waals surface area contributed by atoms with Gasteiger partial charge in [0.15, 0.2) is 0 Å². The molecule has 2 aromatic rings. The molecule has 0 atom stereocenters. The number of hydrogen-bond acceptors (Lipinski definition) is 3. The molecule has 102 valence electrons. The van der Waals surface area contributed by atoms with E-state index < -0.39 is 5.78 Å². The van der Waals surface area contributed by atoms with Gasteiger partial charge in [0.2, 0.25) is 5.69 Å². The van der Waals surface area contributed by atoms with Gasteiger partial charge in [0.05, 0.1) is 27.2 Å². The average molecular weight is 317 g/mol. The first kappa shape index (κ1) is 13.6. The summed E-state index contributed by atoms with van der Waals surface area (Å²) in [6, 6.07) is 10.9. The van der Waals surface area contributed by atoms with Crippen molar-refractivity contribution in [2.45, 2.75) is 0 Å². The third kappa shape index (κ3) is 2.07. The highest BCUT2D eigenvalue weighted by molar-refractivity contribution is 6.52. The van der Waals surface area contributed by atoms with E-state index in [-0.39, 0.29) is 22.0 Å². The zero-order valence-corrected chi connectivity index (χ0v) is 11.9. The molecule has 0 fully saturated rings. The fourth-order valence-electron chi connectivity index (χ4n) is 2.19. The van der Waals surface area contributed by atoms with Crippen molar-refractivity contribution in [2.24, 2.45) is 0 Å². The van der Waals surface area contributed by atoms with Crippen molar-refractivity contribution in [2.75, 3.05) is 0 Å². The summed E-state index contributed by atoms with van der Waals surface area (Å²) in [5.41, 5.74) is 1.11. The van der Waals surface area contributed by atoms with Crippen LogP contribution in [0.15, 0.2) is 36.4 Å². The van der Waals surface area contributed by atoms with Gasteiger partial charge in [-0.2, -0.15) is 10.0 Å². The molecule has 0 amide bonds. The van der Waals surface area contributed by atoms with E-state index >= 15 is 0 Å². The first-order valence-corrected chi connectivity index (χ1v) is 6.67. The molecule has 0 aliphatic carbocycles. The van der Waals surface area contributed by atoms with Gasteiger partial charge in [-0.3, -0.25) is 4.79 Å². The minimum absolute atomic E-state index is 0.0290. The van der Waals surface area contributed by atoms with Crippen molar-refractivity contribution in [1.29, 1.82) is 5.26 Å².